The molecule has 0 bridgehead atoms. The van der Waals surface area contributed by atoms with Gasteiger partial charge in [-0.1, -0.05) is 39.8 Å². The van der Waals surface area contributed by atoms with Gasteiger partial charge in [0.25, 0.3) is 0 Å². The van der Waals surface area contributed by atoms with E-state index in [4.69, 9.17) is 0 Å². The smallest absolute Gasteiger partial charge is 0.0231 e. The molecular formula is C17H18BrNS. The Kier molecular flexibility index (Phi) is 4.49. The Morgan fingerprint density at radius 1 is 1.05 bits per heavy atom. The molecule has 104 valence electrons. The number of rotatable bonds is 4. The molecule has 0 spiro atoms. The first-order chi connectivity index (χ1) is 9.76. The van der Waals surface area contributed by atoms with E-state index >= 15 is 0 Å². The lowest BCUT2D eigenvalue weighted by molar-refractivity contribution is 0.813. The topological polar surface area (TPSA) is 12.0 Å². The molecule has 1 N–H and O–H groups in total. The highest BCUT2D eigenvalue weighted by Gasteiger charge is 2.11. The number of aryl methyl sites for hydroxylation is 2. The SMILES string of the molecule is CNCc1ccc(Sc2ccc3c(c2)CCC3)cc1Br. The van der Waals surface area contributed by atoms with Crippen molar-refractivity contribution in [2.45, 2.75) is 35.6 Å². The molecule has 0 saturated heterocycles. The summed E-state index contributed by atoms with van der Waals surface area (Å²) in [6, 6.07) is 13.5. The van der Waals surface area contributed by atoms with Crippen molar-refractivity contribution in [3.05, 3.63) is 57.6 Å². The van der Waals surface area contributed by atoms with E-state index in [9.17, 15) is 0 Å². The standard InChI is InChI=1S/C17H18BrNS/c1-19-11-14-6-8-16(10-17(14)18)20-15-7-5-12-3-2-4-13(12)9-15/h5-10,19H,2-4,11H2,1H3. The van der Waals surface area contributed by atoms with Crippen LogP contribution in [0.1, 0.15) is 23.1 Å². The summed E-state index contributed by atoms with van der Waals surface area (Å²) in [6.45, 7) is 0.893. The van der Waals surface area contributed by atoms with Crippen LogP contribution in [0, 0.1) is 0 Å². The van der Waals surface area contributed by atoms with Crippen molar-refractivity contribution < 1.29 is 0 Å². The van der Waals surface area contributed by atoms with E-state index in [2.05, 4.69) is 57.6 Å². The normalized spacial score (nSPS) is 13.5. The fourth-order valence-corrected chi connectivity index (χ4v) is 4.27. The molecule has 0 radical (unpaired) electrons. The largest absolute Gasteiger partial charge is 0.316 e. The molecule has 2 aromatic rings. The Balaban J connectivity index is 1.79. The van der Waals surface area contributed by atoms with Crippen LogP contribution < -0.4 is 5.32 Å². The molecule has 0 amide bonds. The zero-order valence-electron chi connectivity index (χ0n) is 11.6. The van der Waals surface area contributed by atoms with Crippen molar-refractivity contribution in [2.24, 2.45) is 0 Å². The molecule has 1 nitrogen and oxygen atoms in total. The van der Waals surface area contributed by atoms with Crippen molar-refractivity contribution in [3.8, 4) is 0 Å². The summed E-state index contributed by atoms with van der Waals surface area (Å²) in [5, 5.41) is 3.19. The van der Waals surface area contributed by atoms with Gasteiger partial charge in [-0.15, -0.1) is 0 Å². The molecule has 0 atom stereocenters. The van der Waals surface area contributed by atoms with Crippen molar-refractivity contribution in [3.63, 3.8) is 0 Å². The van der Waals surface area contributed by atoms with Gasteiger partial charge in [-0.25, -0.2) is 0 Å². The van der Waals surface area contributed by atoms with Crippen LogP contribution in [-0.2, 0) is 19.4 Å². The summed E-state index contributed by atoms with van der Waals surface area (Å²) in [5.74, 6) is 0. The minimum absolute atomic E-state index is 0.893. The van der Waals surface area contributed by atoms with Gasteiger partial charge >= 0.3 is 0 Å². The Bertz CT molecular complexity index is 624. The molecule has 0 fully saturated rings. The second-order valence-corrected chi connectivity index (χ2v) is 7.17. The summed E-state index contributed by atoms with van der Waals surface area (Å²) < 4.78 is 1.18. The van der Waals surface area contributed by atoms with Crippen molar-refractivity contribution in [1.29, 1.82) is 0 Å². The average Bonchev–Trinajstić information content (AvgIpc) is 2.89. The highest BCUT2D eigenvalue weighted by molar-refractivity contribution is 9.10. The van der Waals surface area contributed by atoms with Crippen LogP contribution in [0.4, 0.5) is 0 Å². The highest BCUT2D eigenvalue weighted by Crippen LogP contribution is 2.33. The summed E-state index contributed by atoms with van der Waals surface area (Å²) in [5.41, 5.74) is 4.38. The molecule has 1 aliphatic rings. The lowest BCUT2D eigenvalue weighted by atomic mass is 10.1. The fraction of sp³-hybridized carbons (Fsp3) is 0.294. The van der Waals surface area contributed by atoms with Gasteiger partial charge in [0.1, 0.15) is 0 Å². The Morgan fingerprint density at radius 3 is 2.60 bits per heavy atom. The van der Waals surface area contributed by atoms with Crippen LogP contribution >= 0.6 is 27.7 Å². The predicted octanol–water partition coefficient (Wildman–Crippen LogP) is 4.81. The van der Waals surface area contributed by atoms with Gasteiger partial charge in [0.15, 0.2) is 0 Å². The van der Waals surface area contributed by atoms with E-state index in [0.717, 1.165) is 6.54 Å². The fourth-order valence-electron chi connectivity index (χ4n) is 2.67. The molecule has 3 heteroatoms. The lowest BCUT2D eigenvalue weighted by Crippen LogP contribution is -2.05. The van der Waals surface area contributed by atoms with E-state index < -0.39 is 0 Å². The van der Waals surface area contributed by atoms with E-state index in [1.807, 2.05) is 18.8 Å². The second kappa shape index (κ2) is 6.33. The van der Waals surface area contributed by atoms with Gasteiger partial charge in [-0.2, -0.15) is 0 Å². The van der Waals surface area contributed by atoms with Crippen LogP contribution in [0.2, 0.25) is 0 Å². The van der Waals surface area contributed by atoms with E-state index in [-0.39, 0.29) is 0 Å². The zero-order chi connectivity index (χ0) is 13.9. The monoisotopic (exact) mass is 347 g/mol. The van der Waals surface area contributed by atoms with Gasteiger partial charge in [-0.3, -0.25) is 0 Å². The van der Waals surface area contributed by atoms with Crippen molar-refractivity contribution in [2.75, 3.05) is 7.05 Å². The van der Waals surface area contributed by atoms with E-state index in [1.54, 1.807) is 11.1 Å². The van der Waals surface area contributed by atoms with Gasteiger partial charge < -0.3 is 5.32 Å². The number of fused-ring (bicyclic) bond motifs is 1. The maximum absolute atomic E-state index is 3.66. The first-order valence-corrected chi connectivity index (χ1v) is 8.60. The Labute approximate surface area is 133 Å². The molecule has 0 unspecified atom stereocenters. The first-order valence-electron chi connectivity index (χ1n) is 6.99. The predicted molar refractivity (Wildman–Crippen MR) is 89.5 cm³/mol. The summed E-state index contributed by atoms with van der Waals surface area (Å²) in [7, 11) is 1.97. The van der Waals surface area contributed by atoms with Gasteiger partial charge in [0.2, 0.25) is 0 Å². The molecule has 0 aliphatic heterocycles. The molecule has 0 heterocycles. The summed E-state index contributed by atoms with van der Waals surface area (Å²) in [6.07, 6.45) is 3.81. The van der Waals surface area contributed by atoms with Crippen LogP contribution in [-0.4, -0.2) is 7.05 Å². The van der Waals surface area contributed by atoms with Crippen LogP contribution in [0.3, 0.4) is 0 Å². The summed E-state index contributed by atoms with van der Waals surface area (Å²) >= 11 is 5.50. The molecular weight excluding hydrogens is 330 g/mol. The van der Waals surface area contributed by atoms with E-state index in [0.29, 0.717) is 0 Å². The highest BCUT2D eigenvalue weighted by atomic mass is 79.9. The first kappa shape index (κ1) is 14.2. The maximum Gasteiger partial charge on any atom is 0.0231 e. The molecule has 2 aromatic carbocycles. The van der Waals surface area contributed by atoms with Gasteiger partial charge in [-0.05, 0) is 67.3 Å². The van der Waals surface area contributed by atoms with Crippen LogP contribution in [0.15, 0.2) is 50.7 Å². The van der Waals surface area contributed by atoms with Crippen molar-refractivity contribution >= 4 is 27.7 Å². The van der Waals surface area contributed by atoms with Gasteiger partial charge in [0, 0.05) is 20.8 Å². The minimum atomic E-state index is 0.893. The van der Waals surface area contributed by atoms with Crippen LogP contribution in [0.5, 0.6) is 0 Å². The molecule has 0 saturated carbocycles. The van der Waals surface area contributed by atoms with Crippen molar-refractivity contribution in [1.82, 2.24) is 5.32 Å². The number of hydrogen-bond acceptors (Lipinski definition) is 2. The molecule has 20 heavy (non-hydrogen) atoms. The van der Waals surface area contributed by atoms with Crippen LogP contribution in [0.25, 0.3) is 0 Å². The number of benzene rings is 2. The number of hydrogen-bond donors (Lipinski definition) is 1. The summed E-state index contributed by atoms with van der Waals surface area (Å²) in [4.78, 5) is 2.63. The Morgan fingerprint density at radius 2 is 1.80 bits per heavy atom. The van der Waals surface area contributed by atoms with Gasteiger partial charge in [0.05, 0.1) is 0 Å². The molecule has 3 rings (SSSR count). The average molecular weight is 348 g/mol. The quantitative estimate of drug-likeness (QED) is 0.851. The minimum Gasteiger partial charge on any atom is -0.316 e. The van der Waals surface area contributed by atoms with E-state index in [1.165, 1.54) is 39.1 Å². The molecule has 0 aromatic heterocycles. The third-order valence-electron chi connectivity index (χ3n) is 3.70. The number of nitrogens with one attached hydrogen (secondary N) is 1. The third-order valence-corrected chi connectivity index (χ3v) is 5.41. The lowest BCUT2D eigenvalue weighted by Gasteiger charge is -2.08. The number of halogens is 1. The third kappa shape index (κ3) is 3.11. The Hall–Kier alpha value is -0.770. The molecule has 1 aliphatic carbocycles. The second-order valence-electron chi connectivity index (χ2n) is 5.17. The maximum atomic E-state index is 3.66. The zero-order valence-corrected chi connectivity index (χ0v) is 14.0.